The number of hydrogen-bond acceptors (Lipinski definition) is 9. The molecule has 19 heavy (non-hydrogen) atoms. The first kappa shape index (κ1) is 20.8. The number of esters is 1. The molecule has 0 aromatic rings. The van der Waals surface area contributed by atoms with Gasteiger partial charge in [-0.2, -0.15) is 0 Å². The zero-order valence-corrected chi connectivity index (χ0v) is 12.1. The van der Waals surface area contributed by atoms with Gasteiger partial charge in [-0.1, -0.05) is 6.58 Å². The molecule has 0 aromatic heterocycles. The fraction of sp³-hybridized carbons (Fsp3) is 0.556. The van der Waals surface area contributed by atoms with Gasteiger partial charge in [0.05, 0.1) is 6.61 Å². The average molecular weight is 288 g/mol. The molecule has 0 spiro atoms. The number of aliphatic hydroxyl groups excluding tert-OH is 4. The van der Waals surface area contributed by atoms with Gasteiger partial charge in [0.2, 0.25) is 0 Å². The molecule has 0 bridgehead atoms. The van der Waals surface area contributed by atoms with E-state index in [1.54, 1.807) is 0 Å². The third kappa shape index (κ3) is 5.16. The van der Waals surface area contributed by atoms with Crippen molar-refractivity contribution in [1.29, 1.82) is 0 Å². The van der Waals surface area contributed by atoms with Crippen LogP contribution in [0.5, 0.6) is 0 Å². The zero-order valence-electron chi connectivity index (χ0n) is 10.1. The molecule has 5 N–H and O–H groups in total. The molecule has 0 aliphatic rings. The number of aliphatic carboxylic acids is 1. The molecule has 4 atom stereocenters. The fourth-order valence-corrected chi connectivity index (χ4v) is 0.968. The summed E-state index contributed by atoms with van der Waals surface area (Å²) in [7, 11) is 0. The van der Waals surface area contributed by atoms with E-state index in [2.05, 4.69) is 11.3 Å². The average Bonchev–Trinajstić information content (AvgIpc) is 2.35. The van der Waals surface area contributed by atoms with E-state index >= 15 is 0 Å². The van der Waals surface area contributed by atoms with E-state index in [1.807, 2.05) is 0 Å². The topological polar surface area (TPSA) is 168 Å². The Bertz CT molecular complexity index is 334. The molecule has 104 valence electrons. The summed E-state index contributed by atoms with van der Waals surface area (Å²) in [5, 5.41) is 56.1. The van der Waals surface area contributed by atoms with Crippen molar-refractivity contribution < 1.29 is 74.5 Å². The molecular weight excluding hydrogens is 275 g/mol. The monoisotopic (exact) mass is 288 g/mol. The summed E-state index contributed by atoms with van der Waals surface area (Å²) in [6, 6.07) is 0. The van der Waals surface area contributed by atoms with Crippen LogP contribution in [0.15, 0.2) is 12.7 Å². The van der Waals surface area contributed by atoms with Gasteiger partial charge in [-0.05, 0) is 0 Å². The van der Waals surface area contributed by atoms with Gasteiger partial charge in [0.1, 0.15) is 18.2 Å². The minimum atomic E-state index is -3.60. The first-order valence-corrected chi connectivity index (χ1v) is 4.65. The summed E-state index contributed by atoms with van der Waals surface area (Å²) >= 11 is 0. The van der Waals surface area contributed by atoms with Crippen LogP contribution in [0.4, 0.5) is 0 Å². The number of ether oxygens (including phenoxy) is 1. The van der Waals surface area contributed by atoms with Gasteiger partial charge in [0, 0.05) is 6.08 Å². The molecule has 0 unspecified atom stereocenters. The van der Waals surface area contributed by atoms with Crippen molar-refractivity contribution in [3.8, 4) is 0 Å². The van der Waals surface area contributed by atoms with Gasteiger partial charge in [-0.3, -0.25) is 0 Å². The third-order valence-electron chi connectivity index (χ3n) is 2.02. The Hall–Kier alpha value is -0.520. The van der Waals surface area contributed by atoms with Gasteiger partial charge in [-0.15, -0.1) is 0 Å². The van der Waals surface area contributed by atoms with Crippen LogP contribution in [0, 0.1) is 0 Å². The first-order chi connectivity index (χ1) is 8.20. The van der Waals surface area contributed by atoms with Crippen molar-refractivity contribution in [2.24, 2.45) is 0 Å². The van der Waals surface area contributed by atoms with E-state index in [0.29, 0.717) is 6.08 Å². The zero-order chi connectivity index (χ0) is 14.5. The molecule has 10 heteroatoms. The van der Waals surface area contributed by atoms with E-state index in [0.717, 1.165) is 0 Å². The van der Waals surface area contributed by atoms with Gasteiger partial charge in [0.15, 0.2) is 6.10 Å². The first-order valence-electron chi connectivity index (χ1n) is 4.65. The van der Waals surface area contributed by atoms with E-state index in [9.17, 15) is 30.0 Å². The smallest absolute Gasteiger partial charge is 0.543 e. The third-order valence-corrected chi connectivity index (χ3v) is 2.02. The number of carbonyl (C=O) groups is 2. The van der Waals surface area contributed by atoms with E-state index < -0.39 is 42.6 Å². The molecule has 0 aliphatic heterocycles. The number of rotatable bonds is 7. The molecule has 0 rings (SSSR count). The number of carbonyl (C=O) groups excluding carboxylic acids is 2. The van der Waals surface area contributed by atoms with Gasteiger partial charge in [0.25, 0.3) is 5.79 Å². The summed E-state index contributed by atoms with van der Waals surface area (Å²) < 4.78 is 3.96. The molecule has 0 aliphatic carbocycles. The Balaban J connectivity index is 0. The Morgan fingerprint density at radius 1 is 1.37 bits per heavy atom. The molecule has 0 saturated carbocycles. The largest absolute Gasteiger partial charge is 1.00 e. The van der Waals surface area contributed by atoms with Gasteiger partial charge in [-0.25, -0.2) is 4.79 Å². The molecule has 0 fully saturated rings. The van der Waals surface area contributed by atoms with E-state index in [4.69, 9.17) is 10.2 Å². The summed E-state index contributed by atoms with van der Waals surface area (Å²) in [6.07, 6.45) is -6.41. The Morgan fingerprint density at radius 3 is 2.16 bits per heavy atom. The molecule has 9 nitrogen and oxygen atoms in total. The maximum atomic E-state index is 10.8. The van der Waals surface area contributed by atoms with Crippen molar-refractivity contribution in [3.63, 3.8) is 0 Å². The Kier molecular flexibility index (Phi) is 9.42. The van der Waals surface area contributed by atoms with Crippen molar-refractivity contribution in [2.45, 2.75) is 24.1 Å². The van der Waals surface area contributed by atoms with Crippen LogP contribution in [0.1, 0.15) is 0 Å². The minimum absolute atomic E-state index is 0. The molecule has 0 saturated heterocycles. The van der Waals surface area contributed by atoms with Crippen molar-refractivity contribution in [1.82, 2.24) is 0 Å². The van der Waals surface area contributed by atoms with Crippen molar-refractivity contribution in [2.75, 3.05) is 6.61 Å². The Morgan fingerprint density at radius 2 is 1.84 bits per heavy atom. The van der Waals surface area contributed by atoms with Crippen molar-refractivity contribution >= 4 is 11.9 Å². The van der Waals surface area contributed by atoms with Crippen LogP contribution in [0.2, 0.25) is 0 Å². The Labute approximate surface area is 130 Å². The minimum Gasteiger partial charge on any atom is -0.543 e. The molecular formula is C9H13NaO9. The quantitative estimate of drug-likeness (QED) is 0.132. The molecule has 0 heterocycles. The summed E-state index contributed by atoms with van der Waals surface area (Å²) in [4.78, 5) is 21.4. The standard InChI is InChI=1S/C9H14O9.Na/c1-2-5(12)18-9(17,8(15)16)7(14)6(13)4(11)3-10;/h2,4,6-7,10-11,13-14,17H,1,3H2,(H,15,16);/q;+1/p-1/t4-,6-,7+,9+;/m1./s1. The molecule has 0 aromatic carbocycles. The van der Waals surface area contributed by atoms with Crippen LogP contribution < -0.4 is 34.7 Å². The summed E-state index contributed by atoms with van der Waals surface area (Å²) in [5.74, 6) is -7.43. The van der Waals surface area contributed by atoms with Crippen LogP contribution in [0.25, 0.3) is 0 Å². The summed E-state index contributed by atoms with van der Waals surface area (Å²) in [6.45, 7) is 1.90. The molecule has 0 amide bonds. The number of carboxylic acid groups (broad SMARTS) is 1. The summed E-state index contributed by atoms with van der Waals surface area (Å²) in [5.41, 5.74) is 0. The van der Waals surface area contributed by atoms with Crippen molar-refractivity contribution in [3.05, 3.63) is 12.7 Å². The maximum absolute atomic E-state index is 10.8. The SMILES string of the molecule is C=CC(=O)O[C@](O)(C(=O)[O-])[C@@H](O)[C@H](O)[C@H](O)CO.[Na+]. The van der Waals surface area contributed by atoms with E-state index in [1.165, 1.54) is 0 Å². The van der Waals surface area contributed by atoms with Gasteiger partial charge >= 0.3 is 35.5 Å². The molecule has 0 radical (unpaired) electrons. The predicted molar refractivity (Wildman–Crippen MR) is 51.4 cm³/mol. The van der Waals surface area contributed by atoms with Crippen LogP contribution in [-0.2, 0) is 14.3 Å². The second-order valence-electron chi connectivity index (χ2n) is 3.29. The maximum Gasteiger partial charge on any atom is 1.00 e. The van der Waals surface area contributed by atoms with Crippen LogP contribution in [-0.4, -0.2) is 68.2 Å². The second kappa shape index (κ2) is 8.61. The fourth-order valence-electron chi connectivity index (χ4n) is 0.968. The van der Waals surface area contributed by atoms with Gasteiger partial charge < -0.3 is 40.2 Å². The number of carboxylic acids is 1. The van der Waals surface area contributed by atoms with Crippen LogP contribution >= 0.6 is 0 Å². The number of hydrogen-bond donors (Lipinski definition) is 5. The van der Waals surface area contributed by atoms with E-state index in [-0.39, 0.29) is 29.6 Å². The normalized spacial score (nSPS) is 18.2. The second-order valence-corrected chi connectivity index (χ2v) is 3.29. The predicted octanol–water partition coefficient (Wildman–Crippen LogP) is -7.77. The number of aliphatic hydroxyl groups is 5. The van der Waals surface area contributed by atoms with Crippen LogP contribution in [0.3, 0.4) is 0 Å².